The Morgan fingerprint density at radius 1 is 1.33 bits per heavy atom. The van der Waals surface area contributed by atoms with Crippen molar-refractivity contribution in [2.45, 2.75) is 39.7 Å². The number of aromatic nitrogens is 2. The average Bonchev–Trinajstić information content (AvgIpc) is 2.93. The van der Waals surface area contributed by atoms with Crippen LogP contribution in [-0.2, 0) is 6.42 Å². The number of hydrogen-bond donors (Lipinski definition) is 1. The number of hydrogen-bond acceptors (Lipinski definition) is 5. The van der Waals surface area contributed by atoms with Crippen molar-refractivity contribution >= 4 is 0 Å². The lowest BCUT2D eigenvalue weighted by atomic mass is 10.2. The zero-order valence-corrected chi connectivity index (χ0v) is 12.9. The molecular formula is C16H23N3O2. The summed E-state index contributed by atoms with van der Waals surface area (Å²) in [5.41, 5.74) is 0.913. The van der Waals surface area contributed by atoms with Gasteiger partial charge in [0.25, 0.3) is 0 Å². The van der Waals surface area contributed by atoms with E-state index >= 15 is 0 Å². The summed E-state index contributed by atoms with van der Waals surface area (Å²) in [7, 11) is 0. The van der Waals surface area contributed by atoms with Gasteiger partial charge in [-0.2, -0.15) is 4.98 Å². The van der Waals surface area contributed by atoms with Gasteiger partial charge >= 0.3 is 0 Å². The molecule has 0 unspecified atom stereocenters. The van der Waals surface area contributed by atoms with Gasteiger partial charge in [0.1, 0.15) is 5.75 Å². The number of rotatable bonds is 8. The number of aryl methyl sites for hydroxylation is 1. The van der Waals surface area contributed by atoms with E-state index in [2.05, 4.69) is 29.3 Å². The Morgan fingerprint density at radius 3 is 2.95 bits per heavy atom. The van der Waals surface area contributed by atoms with Crippen molar-refractivity contribution < 1.29 is 9.26 Å². The Bertz CT molecular complexity index is 552. The highest BCUT2D eigenvalue weighted by Crippen LogP contribution is 2.21. The van der Waals surface area contributed by atoms with Crippen LogP contribution in [0.1, 0.15) is 33.1 Å². The van der Waals surface area contributed by atoms with Gasteiger partial charge in [-0.15, -0.1) is 0 Å². The predicted octanol–water partition coefficient (Wildman–Crippen LogP) is 3.07. The molecule has 0 aliphatic carbocycles. The average molecular weight is 289 g/mol. The standard InChI is InChI=1S/C16H23N3O2/c1-4-20-14-8-5-7-13(11-14)16-18-15(21-19-16)9-6-10-17-12(2)3/h5,7-8,11-12,17H,4,6,9-10H2,1-3H3. The van der Waals surface area contributed by atoms with Crippen molar-refractivity contribution in [1.29, 1.82) is 0 Å². The summed E-state index contributed by atoms with van der Waals surface area (Å²) >= 11 is 0. The van der Waals surface area contributed by atoms with E-state index in [1.807, 2.05) is 31.2 Å². The molecule has 1 aromatic carbocycles. The molecule has 0 amide bonds. The van der Waals surface area contributed by atoms with E-state index in [0.29, 0.717) is 24.4 Å². The van der Waals surface area contributed by atoms with Crippen LogP contribution in [0.4, 0.5) is 0 Å². The molecule has 0 aliphatic heterocycles. The van der Waals surface area contributed by atoms with Gasteiger partial charge in [-0.3, -0.25) is 0 Å². The second-order valence-corrected chi connectivity index (χ2v) is 5.18. The highest BCUT2D eigenvalue weighted by molar-refractivity contribution is 5.56. The van der Waals surface area contributed by atoms with Gasteiger partial charge in [0.15, 0.2) is 0 Å². The van der Waals surface area contributed by atoms with Crippen molar-refractivity contribution in [3.05, 3.63) is 30.2 Å². The molecule has 2 aromatic rings. The third kappa shape index (κ3) is 4.86. The Labute approximate surface area is 125 Å². The van der Waals surface area contributed by atoms with Gasteiger partial charge in [0.05, 0.1) is 6.61 Å². The first-order valence-electron chi connectivity index (χ1n) is 7.48. The number of benzene rings is 1. The minimum absolute atomic E-state index is 0.504. The largest absolute Gasteiger partial charge is 0.494 e. The monoisotopic (exact) mass is 289 g/mol. The summed E-state index contributed by atoms with van der Waals surface area (Å²) < 4.78 is 10.8. The van der Waals surface area contributed by atoms with Gasteiger partial charge in [-0.1, -0.05) is 31.1 Å². The minimum atomic E-state index is 0.504. The van der Waals surface area contributed by atoms with E-state index in [-0.39, 0.29) is 0 Å². The third-order valence-electron chi connectivity index (χ3n) is 2.99. The van der Waals surface area contributed by atoms with Gasteiger partial charge in [0.2, 0.25) is 11.7 Å². The second-order valence-electron chi connectivity index (χ2n) is 5.18. The van der Waals surface area contributed by atoms with Crippen LogP contribution in [0.3, 0.4) is 0 Å². The van der Waals surface area contributed by atoms with Crippen LogP contribution in [0.15, 0.2) is 28.8 Å². The molecule has 1 heterocycles. The van der Waals surface area contributed by atoms with Crippen molar-refractivity contribution in [2.24, 2.45) is 0 Å². The lowest BCUT2D eigenvalue weighted by Gasteiger charge is -2.05. The van der Waals surface area contributed by atoms with Crippen molar-refractivity contribution in [3.63, 3.8) is 0 Å². The van der Waals surface area contributed by atoms with E-state index in [9.17, 15) is 0 Å². The molecular weight excluding hydrogens is 266 g/mol. The summed E-state index contributed by atoms with van der Waals surface area (Å²) in [6.07, 6.45) is 1.77. The smallest absolute Gasteiger partial charge is 0.227 e. The molecule has 2 rings (SSSR count). The van der Waals surface area contributed by atoms with Crippen molar-refractivity contribution in [2.75, 3.05) is 13.2 Å². The Morgan fingerprint density at radius 2 is 2.19 bits per heavy atom. The highest BCUT2D eigenvalue weighted by Gasteiger charge is 2.09. The Hall–Kier alpha value is -1.88. The van der Waals surface area contributed by atoms with E-state index in [4.69, 9.17) is 9.26 Å². The molecule has 5 heteroatoms. The maximum Gasteiger partial charge on any atom is 0.227 e. The molecule has 0 fully saturated rings. The molecule has 0 saturated carbocycles. The Balaban J connectivity index is 1.94. The fraction of sp³-hybridized carbons (Fsp3) is 0.500. The second kappa shape index (κ2) is 7.78. The summed E-state index contributed by atoms with van der Waals surface area (Å²) in [5.74, 6) is 2.11. The van der Waals surface area contributed by atoms with Crippen LogP contribution in [0.25, 0.3) is 11.4 Å². The molecule has 0 bridgehead atoms. The molecule has 5 nitrogen and oxygen atoms in total. The van der Waals surface area contributed by atoms with Gasteiger partial charge < -0.3 is 14.6 Å². The summed E-state index contributed by atoms with van der Waals surface area (Å²) in [4.78, 5) is 4.44. The van der Waals surface area contributed by atoms with Gasteiger partial charge in [-0.25, -0.2) is 0 Å². The lowest BCUT2D eigenvalue weighted by Crippen LogP contribution is -2.23. The number of ether oxygens (including phenoxy) is 1. The van der Waals surface area contributed by atoms with Gasteiger partial charge in [0, 0.05) is 18.0 Å². The molecule has 1 N–H and O–H groups in total. The molecule has 1 aromatic heterocycles. The molecule has 0 radical (unpaired) electrons. The molecule has 21 heavy (non-hydrogen) atoms. The predicted molar refractivity (Wildman–Crippen MR) is 82.4 cm³/mol. The molecule has 0 atom stereocenters. The summed E-state index contributed by atoms with van der Waals surface area (Å²) in [6, 6.07) is 8.24. The molecule has 0 saturated heterocycles. The van der Waals surface area contributed by atoms with Crippen molar-refractivity contribution in [1.82, 2.24) is 15.5 Å². The normalized spacial score (nSPS) is 11.0. The summed E-state index contributed by atoms with van der Waals surface area (Å²) in [5, 5.41) is 7.41. The van der Waals surface area contributed by atoms with Crippen LogP contribution in [0.2, 0.25) is 0 Å². The SMILES string of the molecule is CCOc1cccc(-c2noc(CCCNC(C)C)n2)c1. The fourth-order valence-corrected chi connectivity index (χ4v) is 2.00. The van der Waals surface area contributed by atoms with Crippen LogP contribution >= 0.6 is 0 Å². The number of nitrogens with one attached hydrogen (secondary N) is 1. The number of nitrogens with zero attached hydrogens (tertiary/aromatic N) is 2. The summed E-state index contributed by atoms with van der Waals surface area (Å²) in [6.45, 7) is 7.83. The minimum Gasteiger partial charge on any atom is -0.494 e. The van der Waals surface area contributed by atoms with Crippen LogP contribution < -0.4 is 10.1 Å². The quantitative estimate of drug-likeness (QED) is 0.757. The zero-order chi connectivity index (χ0) is 15.1. The van der Waals surface area contributed by atoms with Crippen LogP contribution in [0.5, 0.6) is 5.75 Å². The van der Waals surface area contributed by atoms with E-state index in [1.54, 1.807) is 0 Å². The third-order valence-corrected chi connectivity index (χ3v) is 2.99. The fourth-order valence-electron chi connectivity index (χ4n) is 2.00. The molecule has 114 valence electrons. The Kier molecular flexibility index (Phi) is 5.75. The van der Waals surface area contributed by atoms with E-state index in [0.717, 1.165) is 30.7 Å². The van der Waals surface area contributed by atoms with Crippen molar-refractivity contribution in [3.8, 4) is 17.1 Å². The zero-order valence-electron chi connectivity index (χ0n) is 12.9. The maximum atomic E-state index is 5.48. The highest BCUT2D eigenvalue weighted by atomic mass is 16.5. The first kappa shape index (κ1) is 15.5. The maximum absolute atomic E-state index is 5.48. The molecule has 0 spiro atoms. The van der Waals surface area contributed by atoms with E-state index < -0.39 is 0 Å². The van der Waals surface area contributed by atoms with Crippen LogP contribution in [-0.4, -0.2) is 29.3 Å². The van der Waals surface area contributed by atoms with E-state index in [1.165, 1.54) is 0 Å². The van der Waals surface area contributed by atoms with Crippen LogP contribution in [0, 0.1) is 0 Å². The lowest BCUT2D eigenvalue weighted by molar-refractivity contribution is 0.340. The first-order valence-corrected chi connectivity index (χ1v) is 7.48. The topological polar surface area (TPSA) is 60.2 Å². The van der Waals surface area contributed by atoms with Gasteiger partial charge in [-0.05, 0) is 32.0 Å². The first-order chi connectivity index (χ1) is 10.2. The molecule has 0 aliphatic rings.